The number of carbonyl (C=O) groups excluding carboxylic acids is 2. The van der Waals surface area contributed by atoms with Gasteiger partial charge in [0, 0.05) is 22.8 Å². The van der Waals surface area contributed by atoms with E-state index in [0.717, 1.165) is 12.8 Å². The lowest BCUT2D eigenvalue weighted by Gasteiger charge is -2.10. The van der Waals surface area contributed by atoms with Crippen LogP contribution in [-0.2, 0) is 11.2 Å². The first-order valence-corrected chi connectivity index (χ1v) is 7.03. The number of nitrogens with zero attached hydrogens (tertiary/aromatic N) is 1. The maximum absolute atomic E-state index is 12.2. The molecule has 0 unspecified atom stereocenters. The van der Waals surface area contributed by atoms with E-state index in [4.69, 9.17) is 0 Å². The van der Waals surface area contributed by atoms with E-state index in [9.17, 15) is 19.7 Å². The van der Waals surface area contributed by atoms with Gasteiger partial charge in [0.05, 0.1) is 4.92 Å². The van der Waals surface area contributed by atoms with E-state index in [1.165, 1.54) is 18.2 Å². The van der Waals surface area contributed by atoms with Gasteiger partial charge in [0.1, 0.15) is 0 Å². The Morgan fingerprint density at radius 2 is 2.05 bits per heavy atom. The molecular weight excluding hydrogens is 284 g/mol. The summed E-state index contributed by atoms with van der Waals surface area (Å²) in [5.74, 6) is -1.11. The molecule has 0 aromatic heterocycles. The Labute approximate surface area is 127 Å². The minimum Gasteiger partial charge on any atom is -0.288 e. The Bertz CT molecular complexity index is 689. The molecule has 0 aliphatic heterocycles. The number of nitro benzene ring substituents is 1. The van der Waals surface area contributed by atoms with Gasteiger partial charge in [0.2, 0.25) is 0 Å². The van der Waals surface area contributed by atoms with Crippen LogP contribution >= 0.6 is 0 Å². The van der Waals surface area contributed by atoms with Crippen molar-refractivity contribution in [3.8, 4) is 0 Å². The van der Waals surface area contributed by atoms with Gasteiger partial charge in [-0.05, 0) is 25.3 Å². The first-order chi connectivity index (χ1) is 10.5. The topological polar surface area (TPSA) is 89.3 Å². The SMILES string of the molecule is CCc1c(C(=O)NC(=O)C2=CCCC=C2)cccc1[N+](=O)[O-]. The summed E-state index contributed by atoms with van der Waals surface area (Å²) in [7, 11) is 0. The monoisotopic (exact) mass is 300 g/mol. The number of nitrogens with one attached hydrogen (secondary N) is 1. The fourth-order valence-corrected chi connectivity index (χ4v) is 2.35. The number of imide groups is 1. The summed E-state index contributed by atoms with van der Waals surface area (Å²) >= 11 is 0. The molecule has 0 fully saturated rings. The first-order valence-electron chi connectivity index (χ1n) is 7.03. The Morgan fingerprint density at radius 3 is 2.64 bits per heavy atom. The number of hydrogen-bond acceptors (Lipinski definition) is 4. The Morgan fingerprint density at radius 1 is 1.27 bits per heavy atom. The lowest BCUT2D eigenvalue weighted by Crippen LogP contribution is -2.32. The second-order valence-corrected chi connectivity index (χ2v) is 4.84. The summed E-state index contributed by atoms with van der Waals surface area (Å²) in [6, 6.07) is 4.28. The zero-order chi connectivity index (χ0) is 16.1. The molecule has 0 saturated carbocycles. The molecule has 1 aliphatic carbocycles. The van der Waals surface area contributed by atoms with Gasteiger partial charge >= 0.3 is 0 Å². The summed E-state index contributed by atoms with van der Waals surface area (Å²) in [4.78, 5) is 34.8. The van der Waals surface area contributed by atoms with Crippen LogP contribution < -0.4 is 5.32 Å². The van der Waals surface area contributed by atoms with Crippen molar-refractivity contribution in [2.24, 2.45) is 0 Å². The van der Waals surface area contributed by atoms with Crippen LogP contribution in [0.4, 0.5) is 5.69 Å². The van der Waals surface area contributed by atoms with Crippen molar-refractivity contribution in [3.63, 3.8) is 0 Å². The summed E-state index contributed by atoms with van der Waals surface area (Å²) < 4.78 is 0. The third-order valence-electron chi connectivity index (χ3n) is 3.43. The van der Waals surface area contributed by atoms with Gasteiger partial charge in [-0.1, -0.05) is 31.2 Å². The van der Waals surface area contributed by atoms with E-state index < -0.39 is 16.7 Å². The lowest BCUT2D eigenvalue weighted by molar-refractivity contribution is -0.385. The lowest BCUT2D eigenvalue weighted by atomic mass is 10.0. The first kappa shape index (κ1) is 15.6. The van der Waals surface area contributed by atoms with Crippen molar-refractivity contribution in [1.82, 2.24) is 5.32 Å². The molecule has 2 rings (SSSR count). The molecule has 0 bridgehead atoms. The fourth-order valence-electron chi connectivity index (χ4n) is 2.35. The van der Waals surface area contributed by atoms with Crippen LogP contribution in [0.5, 0.6) is 0 Å². The van der Waals surface area contributed by atoms with E-state index in [1.54, 1.807) is 19.1 Å². The van der Waals surface area contributed by atoms with Gasteiger partial charge in [-0.15, -0.1) is 0 Å². The van der Waals surface area contributed by atoms with Crippen LogP contribution in [0.2, 0.25) is 0 Å². The highest BCUT2D eigenvalue weighted by molar-refractivity contribution is 6.11. The number of benzene rings is 1. The quantitative estimate of drug-likeness (QED) is 0.526. The number of amides is 2. The minimum absolute atomic E-state index is 0.112. The minimum atomic E-state index is -0.620. The number of rotatable bonds is 4. The molecule has 1 aromatic rings. The molecule has 6 nitrogen and oxygen atoms in total. The second-order valence-electron chi connectivity index (χ2n) is 4.84. The molecule has 0 saturated heterocycles. The highest BCUT2D eigenvalue weighted by atomic mass is 16.6. The van der Waals surface area contributed by atoms with Crippen molar-refractivity contribution in [2.45, 2.75) is 26.2 Å². The normalized spacial score (nSPS) is 13.4. The summed E-state index contributed by atoms with van der Waals surface area (Å²) in [5, 5.41) is 13.3. The predicted octanol–water partition coefficient (Wildman–Crippen LogP) is 2.69. The van der Waals surface area contributed by atoms with Gasteiger partial charge in [-0.25, -0.2) is 0 Å². The van der Waals surface area contributed by atoms with Gasteiger partial charge in [0.25, 0.3) is 17.5 Å². The second kappa shape index (κ2) is 6.80. The fraction of sp³-hybridized carbons (Fsp3) is 0.250. The average molecular weight is 300 g/mol. The molecule has 1 aromatic carbocycles. The molecule has 0 radical (unpaired) electrons. The van der Waals surface area contributed by atoms with Gasteiger partial charge in [-0.2, -0.15) is 0 Å². The maximum Gasteiger partial charge on any atom is 0.273 e. The highest BCUT2D eigenvalue weighted by Crippen LogP contribution is 2.23. The Kier molecular flexibility index (Phi) is 4.83. The largest absolute Gasteiger partial charge is 0.288 e. The summed E-state index contributed by atoms with van der Waals surface area (Å²) in [5.41, 5.74) is 0.805. The van der Waals surface area contributed by atoms with Crippen LogP contribution in [0.1, 0.15) is 35.7 Å². The van der Waals surface area contributed by atoms with Gasteiger partial charge in [0.15, 0.2) is 0 Å². The number of allylic oxidation sites excluding steroid dienone is 2. The van der Waals surface area contributed by atoms with E-state index in [2.05, 4.69) is 5.32 Å². The molecule has 1 aliphatic rings. The molecule has 0 spiro atoms. The van der Waals surface area contributed by atoms with E-state index >= 15 is 0 Å². The standard InChI is InChI=1S/C16H16N2O4/c1-2-12-13(9-6-10-14(12)18(21)22)16(20)17-15(19)11-7-4-3-5-8-11/h4,6-10H,2-3,5H2,1H3,(H,17,19,20). The van der Waals surface area contributed by atoms with Crippen LogP contribution in [0, 0.1) is 10.1 Å². The van der Waals surface area contributed by atoms with Crippen LogP contribution in [0.3, 0.4) is 0 Å². The third kappa shape index (κ3) is 3.28. The van der Waals surface area contributed by atoms with Crippen molar-refractivity contribution >= 4 is 17.5 Å². The molecule has 0 atom stereocenters. The summed E-state index contributed by atoms with van der Waals surface area (Å²) in [6.45, 7) is 1.73. The van der Waals surface area contributed by atoms with E-state index in [1.807, 2.05) is 6.08 Å². The molecular formula is C16H16N2O4. The Balaban J connectivity index is 2.24. The van der Waals surface area contributed by atoms with Crippen LogP contribution in [0.15, 0.2) is 42.0 Å². The van der Waals surface area contributed by atoms with Crippen molar-refractivity contribution in [3.05, 3.63) is 63.2 Å². The molecule has 1 N–H and O–H groups in total. The third-order valence-corrected chi connectivity index (χ3v) is 3.43. The summed E-state index contributed by atoms with van der Waals surface area (Å²) in [6.07, 6.45) is 7.25. The van der Waals surface area contributed by atoms with Crippen molar-refractivity contribution in [2.75, 3.05) is 0 Å². The smallest absolute Gasteiger partial charge is 0.273 e. The van der Waals surface area contributed by atoms with Crippen molar-refractivity contribution in [1.29, 1.82) is 0 Å². The van der Waals surface area contributed by atoms with E-state index in [0.29, 0.717) is 17.6 Å². The zero-order valence-corrected chi connectivity index (χ0v) is 12.2. The van der Waals surface area contributed by atoms with Crippen LogP contribution in [0.25, 0.3) is 0 Å². The number of carbonyl (C=O) groups is 2. The van der Waals surface area contributed by atoms with Gasteiger partial charge < -0.3 is 0 Å². The molecule has 0 heterocycles. The molecule has 22 heavy (non-hydrogen) atoms. The van der Waals surface area contributed by atoms with Gasteiger partial charge in [-0.3, -0.25) is 25.0 Å². The molecule has 2 amide bonds. The van der Waals surface area contributed by atoms with Crippen molar-refractivity contribution < 1.29 is 14.5 Å². The zero-order valence-electron chi connectivity index (χ0n) is 12.2. The number of hydrogen-bond donors (Lipinski definition) is 1. The molecule has 6 heteroatoms. The van der Waals surface area contributed by atoms with Crippen LogP contribution in [-0.4, -0.2) is 16.7 Å². The predicted molar refractivity (Wildman–Crippen MR) is 81.4 cm³/mol. The maximum atomic E-state index is 12.2. The Hall–Kier alpha value is -2.76. The highest BCUT2D eigenvalue weighted by Gasteiger charge is 2.22. The number of nitro groups is 1. The molecule has 114 valence electrons. The average Bonchev–Trinajstić information content (AvgIpc) is 2.54. The van der Waals surface area contributed by atoms with E-state index in [-0.39, 0.29) is 11.3 Å².